The monoisotopic (exact) mass is 367 g/mol. The number of aryl methyl sites for hydroxylation is 1. The number of nitrogens with zero attached hydrogens (tertiary/aromatic N) is 4. The molecule has 1 aliphatic heterocycles. The third-order valence-electron chi connectivity index (χ3n) is 4.91. The summed E-state index contributed by atoms with van der Waals surface area (Å²) in [6, 6.07) is 6.04. The predicted molar refractivity (Wildman–Crippen MR) is 104 cm³/mol. The Labute approximate surface area is 156 Å². The number of aromatic nitrogens is 3. The van der Waals surface area contributed by atoms with E-state index in [2.05, 4.69) is 26.3 Å². The van der Waals surface area contributed by atoms with Crippen LogP contribution in [-0.4, -0.2) is 45.9 Å². The number of hydrogen-bond acceptors (Lipinski definition) is 6. The number of fused-ring (bicyclic) bond motifs is 1. The second-order valence-electron chi connectivity index (χ2n) is 6.56. The molecule has 0 spiro atoms. The van der Waals surface area contributed by atoms with Crippen LogP contribution in [0.15, 0.2) is 30.6 Å². The Morgan fingerprint density at radius 3 is 2.85 bits per heavy atom. The summed E-state index contributed by atoms with van der Waals surface area (Å²) < 4.78 is 0. The molecule has 0 unspecified atom stereocenters. The number of rotatable bonds is 3. The molecule has 0 atom stereocenters. The molecule has 0 bridgehead atoms. The molecule has 6 nitrogen and oxygen atoms in total. The smallest absolute Gasteiger partial charge is 0.265 e. The molecule has 134 valence electrons. The van der Waals surface area contributed by atoms with Crippen molar-refractivity contribution in [3.63, 3.8) is 0 Å². The van der Waals surface area contributed by atoms with Gasteiger partial charge in [-0.15, -0.1) is 0 Å². The number of thiazole rings is 1. The van der Waals surface area contributed by atoms with E-state index in [9.17, 15) is 4.79 Å². The minimum atomic E-state index is 0.0908. The van der Waals surface area contributed by atoms with Gasteiger partial charge in [-0.3, -0.25) is 14.8 Å². The first-order valence-electron chi connectivity index (χ1n) is 8.81. The van der Waals surface area contributed by atoms with Crippen molar-refractivity contribution in [1.82, 2.24) is 19.9 Å². The highest BCUT2D eigenvalue weighted by atomic mass is 32.1. The summed E-state index contributed by atoms with van der Waals surface area (Å²) in [6.07, 6.45) is 5.56. The molecule has 1 aliphatic rings. The molecule has 26 heavy (non-hydrogen) atoms. The molecule has 4 heterocycles. The zero-order valence-electron chi connectivity index (χ0n) is 14.9. The summed E-state index contributed by atoms with van der Waals surface area (Å²) in [5.74, 6) is 0.467. The maximum atomic E-state index is 12.8. The number of piperidine rings is 1. The zero-order valence-corrected chi connectivity index (χ0v) is 15.7. The molecule has 3 aromatic heterocycles. The quantitative estimate of drug-likeness (QED) is 0.768. The molecule has 1 fully saturated rings. The van der Waals surface area contributed by atoms with Crippen molar-refractivity contribution in [2.24, 2.45) is 0 Å². The lowest BCUT2D eigenvalue weighted by Crippen LogP contribution is -2.38. The fourth-order valence-electron chi connectivity index (χ4n) is 3.43. The molecule has 0 aromatic carbocycles. The average molecular weight is 367 g/mol. The number of pyridine rings is 2. The average Bonchev–Trinajstić information content (AvgIpc) is 3.08. The Morgan fingerprint density at radius 2 is 2.12 bits per heavy atom. The van der Waals surface area contributed by atoms with E-state index < -0.39 is 0 Å². The van der Waals surface area contributed by atoms with Gasteiger partial charge in [-0.2, -0.15) is 0 Å². The molecule has 1 saturated heterocycles. The first-order valence-corrected chi connectivity index (χ1v) is 9.62. The van der Waals surface area contributed by atoms with E-state index >= 15 is 0 Å². The van der Waals surface area contributed by atoms with Crippen molar-refractivity contribution in [3.8, 4) is 0 Å². The number of carbonyl (C=O) groups is 1. The fraction of sp³-hybridized carbons (Fsp3) is 0.368. The van der Waals surface area contributed by atoms with Crippen molar-refractivity contribution in [2.75, 3.05) is 25.5 Å². The van der Waals surface area contributed by atoms with Crippen LogP contribution in [0.25, 0.3) is 10.9 Å². The summed E-state index contributed by atoms with van der Waals surface area (Å²) >= 11 is 1.43. The van der Waals surface area contributed by atoms with E-state index in [1.165, 1.54) is 11.3 Å². The molecule has 0 radical (unpaired) electrons. The number of nitrogens with one attached hydrogen (secondary N) is 1. The third-order valence-corrected chi connectivity index (χ3v) is 6.08. The molecule has 0 saturated carbocycles. The van der Waals surface area contributed by atoms with Gasteiger partial charge in [0.2, 0.25) is 0 Å². The molecule has 3 aromatic rings. The van der Waals surface area contributed by atoms with Crippen LogP contribution in [0, 0.1) is 6.92 Å². The van der Waals surface area contributed by atoms with Crippen molar-refractivity contribution >= 4 is 33.3 Å². The molecule has 7 heteroatoms. The van der Waals surface area contributed by atoms with Gasteiger partial charge in [0.05, 0.1) is 11.2 Å². The second kappa shape index (κ2) is 6.99. The van der Waals surface area contributed by atoms with Crippen LogP contribution in [0.4, 0.5) is 5.13 Å². The predicted octanol–water partition coefficient (Wildman–Crippen LogP) is 3.46. The summed E-state index contributed by atoms with van der Waals surface area (Å²) in [6.45, 7) is 3.39. The number of hydrogen-bond donors (Lipinski definition) is 1. The van der Waals surface area contributed by atoms with E-state index in [0.717, 1.165) is 58.2 Å². The van der Waals surface area contributed by atoms with Crippen molar-refractivity contribution in [1.29, 1.82) is 0 Å². The highest BCUT2D eigenvalue weighted by Crippen LogP contribution is 2.30. The fourth-order valence-corrected chi connectivity index (χ4v) is 4.32. The normalized spacial score (nSPS) is 15.4. The van der Waals surface area contributed by atoms with Gasteiger partial charge in [-0.25, -0.2) is 4.98 Å². The number of anilines is 1. The van der Waals surface area contributed by atoms with Crippen molar-refractivity contribution in [2.45, 2.75) is 25.7 Å². The lowest BCUT2D eigenvalue weighted by molar-refractivity contribution is 0.0716. The molecular formula is C19H21N5OS. The molecule has 4 rings (SSSR count). The standard InChI is InChI=1S/C19H21N5OS/c1-12-17(26-19(20-2)23-12)18(25)24-8-5-13(6-9-24)15-10-16-14(11-22-15)4-3-7-21-16/h3-4,7,10-11,13H,5-6,8-9H2,1-2H3,(H,20,23). The summed E-state index contributed by atoms with van der Waals surface area (Å²) in [7, 11) is 1.82. The van der Waals surface area contributed by atoms with Gasteiger partial charge in [-0.1, -0.05) is 11.3 Å². The summed E-state index contributed by atoms with van der Waals surface area (Å²) in [5, 5.41) is 4.86. The molecule has 1 amide bonds. The van der Waals surface area contributed by atoms with Crippen LogP contribution >= 0.6 is 11.3 Å². The van der Waals surface area contributed by atoms with Crippen LogP contribution in [0.3, 0.4) is 0 Å². The third kappa shape index (κ3) is 3.14. The van der Waals surface area contributed by atoms with Crippen LogP contribution in [-0.2, 0) is 0 Å². The topological polar surface area (TPSA) is 71.0 Å². The largest absolute Gasteiger partial charge is 0.365 e. The van der Waals surface area contributed by atoms with Gasteiger partial charge in [0.25, 0.3) is 5.91 Å². The first-order chi connectivity index (χ1) is 12.7. The SMILES string of the molecule is CNc1nc(C)c(C(=O)N2CCC(c3cc4ncccc4cn3)CC2)s1. The highest BCUT2D eigenvalue weighted by Gasteiger charge is 2.27. The lowest BCUT2D eigenvalue weighted by Gasteiger charge is -2.31. The Kier molecular flexibility index (Phi) is 4.55. The van der Waals surface area contributed by atoms with Gasteiger partial charge in [0.1, 0.15) is 4.88 Å². The first kappa shape index (κ1) is 16.9. The van der Waals surface area contributed by atoms with Crippen LogP contribution in [0.5, 0.6) is 0 Å². The van der Waals surface area contributed by atoms with Crippen LogP contribution in [0.1, 0.15) is 39.8 Å². The minimum Gasteiger partial charge on any atom is -0.365 e. The second-order valence-corrected chi connectivity index (χ2v) is 7.55. The van der Waals surface area contributed by atoms with Crippen molar-refractivity contribution in [3.05, 3.63) is 46.9 Å². The summed E-state index contributed by atoms with van der Waals surface area (Å²) in [4.78, 5) is 28.9. The van der Waals surface area contributed by atoms with E-state index in [0.29, 0.717) is 5.92 Å². The van der Waals surface area contributed by atoms with Gasteiger partial charge in [0.15, 0.2) is 5.13 Å². The number of amides is 1. The molecular weight excluding hydrogens is 346 g/mol. The lowest BCUT2D eigenvalue weighted by atomic mass is 9.92. The van der Waals surface area contributed by atoms with Gasteiger partial charge in [0, 0.05) is 49.5 Å². The zero-order chi connectivity index (χ0) is 18.1. The van der Waals surface area contributed by atoms with Gasteiger partial charge < -0.3 is 10.2 Å². The van der Waals surface area contributed by atoms with Gasteiger partial charge in [-0.05, 0) is 38.0 Å². The van der Waals surface area contributed by atoms with E-state index in [1.54, 1.807) is 0 Å². The Bertz CT molecular complexity index is 946. The van der Waals surface area contributed by atoms with Crippen LogP contribution in [0.2, 0.25) is 0 Å². The number of likely N-dealkylation sites (tertiary alicyclic amines) is 1. The van der Waals surface area contributed by atoms with E-state index in [1.807, 2.05) is 43.4 Å². The Hall–Kier alpha value is -2.54. The van der Waals surface area contributed by atoms with Gasteiger partial charge >= 0.3 is 0 Å². The van der Waals surface area contributed by atoms with Crippen LogP contribution < -0.4 is 5.32 Å². The van der Waals surface area contributed by atoms with Crippen molar-refractivity contribution < 1.29 is 4.79 Å². The minimum absolute atomic E-state index is 0.0908. The summed E-state index contributed by atoms with van der Waals surface area (Å²) in [5.41, 5.74) is 2.86. The Balaban J connectivity index is 1.46. The van der Waals surface area contributed by atoms with E-state index in [4.69, 9.17) is 0 Å². The maximum absolute atomic E-state index is 12.8. The molecule has 1 N–H and O–H groups in total. The Morgan fingerprint density at radius 1 is 1.31 bits per heavy atom. The maximum Gasteiger partial charge on any atom is 0.265 e. The highest BCUT2D eigenvalue weighted by molar-refractivity contribution is 7.17. The number of carbonyl (C=O) groups excluding carboxylic acids is 1. The van der Waals surface area contributed by atoms with E-state index in [-0.39, 0.29) is 5.91 Å². The molecule has 0 aliphatic carbocycles.